The molecule has 5 heteroatoms. The Morgan fingerprint density at radius 2 is 1.77 bits per heavy atom. The SMILES string of the molecule is Cc1cccc(N2CCN(CCCNC(=O)c3ccc(OC4CCCC4)cc3)CC2)c1. The summed E-state index contributed by atoms with van der Waals surface area (Å²) >= 11 is 0. The van der Waals surface area contributed by atoms with Crippen LogP contribution in [0.2, 0.25) is 0 Å². The lowest BCUT2D eigenvalue weighted by molar-refractivity contribution is 0.0951. The Balaban J connectivity index is 1.13. The van der Waals surface area contributed by atoms with Crippen LogP contribution in [0.25, 0.3) is 0 Å². The van der Waals surface area contributed by atoms with Gasteiger partial charge in [0.05, 0.1) is 6.10 Å². The molecular weight excluding hydrogens is 386 g/mol. The predicted octanol–water partition coefficient (Wildman–Crippen LogP) is 4.26. The van der Waals surface area contributed by atoms with Crippen LogP contribution in [0.5, 0.6) is 5.75 Å². The fourth-order valence-corrected chi connectivity index (χ4v) is 4.54. The van der Waals surface area contributed by atoms with E-state index in [4.69, 9.17) is 4.74 Å². The first-order valence-corrected chi connectivity index (χ1v) is 11.8. The average Bonchev–Trinajstić information content (AvgIpc) is 3.30. The van der Waals surface area contributed by atoms with E-state index < -0.39 is 0 Å². The molecule has 0 unspecified atom stereocenters. The van der Waals surface area contributed by atoms with Crippen molar-refractivity contribution in [1.82, 2.24) is 10.2 Å². The molecule has 2 fully saturated rings. The van der Waals surface area contributed by atoms with Crippen molar-refractivity contribution in [2.75, 3.05) is 44.2 Å². The molecule has 2 aliphatic rings. The van der Waals surface area contributed by atoms with Gasteiger partial charge in [-0.3, -0.25) is 9.69 Å². The van der Waals surface area contributed by atoms with Gasteiger partial charge in [-0.2, -0.15) is 0 Å². The third kappa shape index (κ3) is 6.23. The van der Waals surface area contributed by atoms with E-state index in [1.54, 1.807) is 0 Å². The number of aryl methyl sites for hydroxylation is 1. The molecule has 0 radical (unpaired) electrons. The van der Waals surface area contributed by atoms with Crippen molar-refractivity contribution < 1.29 is 9.53 Å². The molecule has 1 heterocycles. The van der Waals surface area contributed by atoms with Crippen molar-refractivity contribution in [2.45, 2.75) is 45.1 Å². The lowest BCUT2D eigenvalue weighted by Crippen LogP contribution is -2.47. The van der Waals surface area contributed by atoms with Crippen molar-refractivity contribution in [1.29, 1.82) is 0 Å². The molecule has 0 aromatic heterocycles. The molecule has 1 saturated carbocycles. The second kappa shape index (κ2) is 10.7. The van der Waals surface area contributed by atoms with Crippen molar-refractivity contribution in [2.24, 2.45) is 0 Å². The van der Waals surface area contributed by atoms with Crippen LogP contribution in [0.1, 0.15) is 48.0 Å². The summed E-state index contributed by atoms with van der Waals surface area (Å²) < 4.78 is 5.98. The Bertz CT molecular complexity index is 838. The van der Waals surface area contributed by atoms with Crippen LogP contribution < -0.4 is 15.0 Å². The summed E-state index contributed by atoms with van der Waals surface area (Å²) in [4.78, 5) is 17.4. The Morgan fingerprint density at radius 1 is 1.03 bits per heavy atom. The van der Waals surface area contributed by atoms with E-state index in [1.165, 1.54) is 24.1 Å². The summed E-state index contributed by atoms with van der Waals surface area (Å²) in [6.07, 6.45) is 6.12. The fourth-order valence-electron chi connectivity index (χ4n) is 4.54. The molecule has 1 N–H and O–H groups in total. The summed E-state index contributed by atoms with van der Waals surface area (Å²) in [7, 11) is 0. The van der Waals surface area contributed by atoms with Crippen molar-refractivity contribution in [3.63, 3.8) is 0 Å². The molecule has 0 bridgehead atoms. The number of rotatable bonds is 8. The van der Waals surface area contributed by atoms with E-state index in [0.717, 1.165) is 57.7 Å². The maximum absolute atomic E-state index is 12.4. The minimum absolute atomic E-state index is 0.00307. The molecule has 1 saturated heterocycles. The summed E-state index contributed by atoms with van der Waals surface area (Å²) in [5.74, 6) is 0.866. The Kier molecular flexibility index (Phi) is 7.47. The first-order valence-electron chi connectivity index (χ1n) is 11.8. The smallest absolute Gasteiger partial charge is 0.251 e. The van der Waals surface area contributed by atoms with Crippen LogP contribution in [0.4, 0.5) is 5.69 Å². The zero-order valence-electron chi connectivity index (χ0n) is 18.7. The van der Waals surface area contributed by atoms with Gasteiger partial charge in [-0.25, -0.2) is 0 Å². The zero-order chi connectivity index (χ0) is 21.5. The van der Waals surface area contributed by atoms with Crippen LogP contribution in [-0.2, 0) is 0 Å². The first kappa shape index (κ1) is 21.7. The molecule has 0 atom stereocenters. The van der Waals surface area contributed by atoms with E-state index >= 15 is 0 Å². The van der Waals surface area contributed by atoms with E-state index in [1.807, 2.05) is 24.3 Å². The van der Waals surface area contributed by atoms with Crippen molar-refractivity contribution in [3.05, 3.63) is 59.7 Å². The topological polar surface area (TPSA) is 44.8 Å². The van der Waals surface area contributed by atoms with E-state index in [2.05, 4.69) is 46.3 Å². The number of piperazine rings is 1. The number of benzene rings is 2. The van der Waals surface area contributed by atoms with Gasteiger partial charge >= 0.3 is 0 Å². The molecule has 4 rings (SSSR count). The number of anilines is 1. The second-order valence-corrected chi connectivity index (χ2v) is 8.83. The number of amides is 1. The molecule has 31 heavy (non-hydrogen) atoms. The minimum atomic E-state index is -0.00307. The number of carbonyl (C=O) groups excluding carboxylic acids is 1. The van der Waals surface area contributed by atoms with Crippen LogP contribution in [0.3, 0.4) is 0 Å². The summed E-state index contributed by atoms with van der Waals surface area (Å²) in [6, 6.07) is 16.3. The normalized spacial score (nSPS) is 17.6. The molecule has 1 aliphatic carbocycles. The molecule has 166 valence electrons. The number of hydrogen-bond donors (Lipinski definition) is 1. The second-order valence-electron chi connectivity index (χ2n) is 8.83. The zero-order valence-corrected chi connectivity index (χ0v) is 18.7. The Morgan fingerprint density at radius 3 is 2.48 bits per heavy atom. The maximum Gasteiger partial charge on any atom is 0.251 e. The standard InChI is InChI=1S/C26H35N3O2/c1-21-6-4-7-23(20-21)29-18-16-28(17-19-29)15-5-14-27-26(30)22-10-12-25(13-11-22)31-24-8-2-3-9-24/h4,6-7,10-13,20,24H,2-3,5,8-9,14-19H2,1H3,(H,27,30). The Labute approximate surface area is 186 Å². The monoisotopic (exact) mass is 421 g/mol. The van der Waals surface area contributed by atoms with Gasteiger partial charge in [0.1, 0.15) is 5.75 Å². The van der Waals surface area contributed by atoms with Crippen LogP contribution >= 0.6 is 0 Å². The molecule has 5 nitrogen and oxygen atoms in total. The number of hydrogen-bond acceptors (Lipinski definition) is 4. The molecule has 1 amide bonds. The van der Waals surface area contributed by atoms with Gasteiger partial charge in [0.2, 0.25) is 0 Å². The third-order valence-corrected chi connectivity index (χ3v) is 6.40. The van der Waals surface area contributed by atoms with Gasteiger partial charge in [0.25, 0.3) is 5.91 Å². The highest BCUT2D eigenvalue weighted by atomic mass is 16.5. The average molecular weight is 422 g/mol. The predicted molar refractivity (Wildman–Crippen MR) is 126 cm³/mol. The lowest BCUT2D eigenvalue weighted by Gasteiger charge is -2.36. The highest BCUT2D eigenvalue weighted by Crippen LogP contribution is 2.24. The molecule has 1 aliphatic heterocycles. The van der Waals surface area contributed by atoms with E-state index in [0.29, 0.717) is 18.2 Å². The Hall–Kier alpha value is -2.53. The highest BCUT2D eigenvalue weighted by Gasteiger charge is 2.18. The van der Waals surface area contributed by atoms with Crippen molar-refractivity contribution in [3.8, 4) is 5.75 Å². The quantitative estimate of drug-likeness (QED) is 0.647. The van der Waals surface area contributed by atoms with Crippen molar-refractivity contribution >= 4 is 11.6 Å². The van der Waals surface area contributed by atoms with Crippen LogP contribution in [-0.4, -0.2) is 56.2 Å². The number of ether oxygens (including phenoxy) is 1. The number of carbonyl (C=O) groups is 1. The van der Waals surface area contributed by atoms with E-state index in [9.17, 15) is 4.79 Å². The molecule has 2 aromatic carbocycles. The van der Waals surface area contributed by atoms with Crippen LogP contribution in [0, 0.1) is 6.92 Å². The highest BCUT2D eigenvalue weighted by molar-refractivity contribution is 5.94. The molecule has 2 aromatic rings. The van der Waals surface area contributed by atoms with E-state index in [-0.39, 0.29) is 5.91 Å². The van der Waals surface area contributed by atoms with Gasteiger partial charge < -0.3 is 15.0 Å². The summed E-state index contributed by atoms with van der Waals surface area (Å²) in [5, 5.41) is 3.06. The largest absolute Gasteiger partial charge is 0.490 e. The minimum Gasteiger partial charge on any atom is -0.490 e. The molecule has 0 spiro atoms. The third-order valence-electron chi connectivity index (χ3n) is 6.40. The van der Waals surface area contributed by atoms with Gasteiger partial charge in [-0.1, -0.05) is 12.1 Å². The maximum atomic E-state index is 12.4. The summed E-state index contributed by atoms with van der Waals surface area (Å²) in [6.45, 7) is 8.14. The van der Waals surface area contributed by atoms with Crippen LogP contribution in [0.15, 0.2) is 48.5 Å². The van der Waals surface area contributed by atoms with Gasteiger partial charge in [0.15, 0.2) is 0 Å². The summed E-state index contributed by atoms with van der Waals surface area (Å²) in [5.41, 5.74) is 3.34. The van der Waals surface area contributed by atoms with Gasteiger partial charge in [-0.05, 0) is 87.5 Å². The number of nitrogens with one attached hydrogen (secondary N) is 1. The van der Waals surface area contributed by atoms with Gasteiger partial charge in [0, 0.05) is 44.0 Å². The fraction of sp³-hybridized carbons (Fsp3) is 0.500. The lowest BCUT2D eigenvalue weighted by atomic mass is 10.2. The van der Waals surface area contributed by atoms with Gasteiger partial charge in [-0.15, -0.1) is 0 Å². The first-order chi connectivity index (χ1) is 15.2. The molecular formula is C26H35N3O2. The number of nitrogens with zero attached hydrogens (tertiary/aromatic N) is 2.